The molecule has 1 amide bonds. The van der Waals surface area contributed by atoms with E-state index in [2.05, 4.69) is 5.32 Å². The lowest BCUT2D eigenvalue weighted by molar-refractivity contribution is -0.165. The fraction of sp³-hybridized carbons (Fsp3) is 0.0588. The van der Waals surface area contributed by atoms with Crippen molar-refractivity contribution < 1.29 is 22.8 Å². The van der Waals surface area contributed by atoms with Gasteiger partial charge in [0.05, 0.1) is 0 Å². The Labute approximate surface area is 130 Å². The number of ketones is 1. The van der Waals surface area contributed by atoms with Crippen molar-refractivity contribution in [2.45, 2.75) is 6.18 Å². The first-order valence-corrected chi connectivity index (χ1v) is 6.62. The van der Waals surface area contributed by atoms with Gasteiger partial charge < -0.3 is 5.32 Å². The SMILES string of the molecule is O=C(Nc1ccccc1)c1cccc(C=CC(=O)C(F)(F)F)c1. The summed E-state index contributed by atoms with van der Waals surface area (Å²) < 4.78 is 36.4. The van der Waals surface area contributed by atoms with Gasteiger partial charge in [0.1, 0.15) is 0 Å². The molecule has 0 saturated heterocycles. The first kappa shape index (κ1) is 16.5. The second-order valence-corrected chi connectivity index (χ2v) is 4.64. The molecule has 0 spiro atoms. The molecule has 1 N–H and O–H groups in total. The van der Waals surface area contributed by atoms with Crippen molar-refractivity contribution >= 4 is 23.5 Å². The molecule has 118 valence electrons. The molecule has 2 rings (SSSR count). The third-order valence-electron chi connectivity index (χ3n) is 2.89. The van der Waals surface area contributed by atoms with Gasteiger partial charge in [-0.2, -0.15) is 13.2 Å². The molecule has 0 bridgehead atoms. The van der Waals surface area contributed by atoms with Crippen LogP contribution in [0.15, 0.2) is 60.7 Å². The van der Waals surface area contributed by atoms with Crippen molar-refractivity contribution in [2.24, 2.45) is 0 Å². The number of amides is 1. The molecule has 0 saturated carbocycles. The third-order valence-corrected chi connectivity index (χ3v) is 2.89. The number of hydrogen-bond donors (Lipinski definition) is 1. The van der Waals surface area contributed by atoms with Crippen molar-refractivity contribution in [3.05, 3.63) is 71.8 Å². The summed E-state index contributed by atoms with van der Waals surface area (Å²) in [6.45, 7) is 0. The Bertz CT molecular complexity index is 737. The lowest BCUT2D eigenvalue weighted by Gasteiger charge is -2.05. The number of benzene rings is 2. The largest absolute Gasteiger partial charge is 0.454 e. The van der Waals surface area contributed by atoms with Gasteiger partial charge in [-0.05, 0) is 35.9 Å². The summed E-state index contributed by atoms with van der Waals surface area (Å²) in [5.41, 5.74) is 1.20. The zero-order chi connectivity index (χ0) is 16.9. The summed E-state index contributed by atoms with van der Waals surface area (Å²) in [6, 6.07) is 14.7. The van der Waals surface area contributed by atoms with Gasteiger partial charge in [-0.15, -0.1) is 0 Å². The summed E-state index contributed by atoms with van der Waals surface area (Å²) in [7, 11) is 0. The maximum Gasteiger partial charge on any atom is 0.454 e. The highest BCUT2D eigenvalue weighted by Crippen LogP contribution is 2.18. The Morgan fingerprint density at radius 2 is 1.65 bits per heavy atom. The Hall–Kier alpha value is -2.89. The van der Waals surface area contributed by atoms with Crippen LogP contribution >= 0.6 is 0 Å². The molecule has 0 aromatic heterocycles. The number of carbonyl (C=O) groups excluding carboxylic acids is 2. The molecule has 0 aliphatic carbocycles. The van der Waals surface area contributed by atoms with Crippen LogP contribution in [-0.4, -0.2) is 17.9 Å². The molecular weight excluding hydrogens is 307 g/mol. The van der Waals surface area contributed by atoms with Crippen molar-refractivity contribution in [2.75, 3.05) is 5.32 Å². The van der Waals surface area contributed by atoms with E-state index in [-0.39, 0.29) is 5.56 Å². The van der Waals surface area contributed by atoms with E-state index in [0.717, 1.165) is 6.08 Å². The molecule has 0 radical (unpaired) electrons. The van der Waals surface area contributed by atoms with Crippen LogP contribution in [0.5, 0.6) is 0 Å². The number of nitrogens with one attached hydrogen (secondary N) is 1. The number of rotatable bonds is 4. The predicted molar refractivity (Wildman–Crippen MR) is 80.9 cm³/mol. The van der Waals surface area contributed by atoms with Crippen molar-refractivity contribution in [3.8, 4) is 0 Å². The molecule has 0 unspecified atom stereocenters. The number of anilines is 1. The van der Waals surface area contributed by atoms with Crippen molar-refractivity contribution in [3.63, 3.8) is 0 Å². The Kier molecular flexibility index (Phi) is 4.95. The molecule has 0 atom stereocenters. The zero-order valence-electron chi connectivity index (χ0n) is 11.8. The molecule has 0 fully saturated rings. The second kappa shape index (κ2) is 6.91. The maximum absolute atomic E-state index is 12.1. The average Bonchev–Trinajstić information content (AvgIpc) is 2.53. The third kappa shape index (κ3) is 4.81. The molecule has 0 aliphatic rings. The highest BCUT2D eigenvalue weighted by molar-refractivity contribution is 6.04. The Morgan fingerprint density at radius 1 is 0.957 bits per heavy atom. The molecule has 2 aromatic carbocycles. The topological polar surface area (TPSA) is 46.2 Å². The highest BCUT2D eigenvalue weighted by atomic mass is 19.4. The summed E-state index contributed by atoms with van der Waals surface area (Å²) in [5.74, 6) is -2.34. The van der Waals surface area contributed by atoms with E-state index >= 15 is 0 Å². The van der Waals surface area contributed by atoms with Crippen LogP contribution in [0.2, 0.25) is 0 Å². The minimum Gasteiger partial charge on any atom is -0.322 e. The van der Waals surface area contributed by atoms with Crippen LogP contribution in [0.1, 0.15) is 15.9 Å². The summed E-state index contributed by atoms with van der Waals surface area (Å²) >= 11 is 0. The van der Waals surface area contributed by atoms with Gasteiger partial charge in [0, 0.05) is 11.3 Å². The van der Waals surface area contributed by atoms with E-state index in [1.165, 1.54) is 24.3 Å². The monoisotopic (exact) mass is 319 g/mol. The van der Waals surface area contributed by atoms with Crippen LogP contribution in [0, 0.1) is 0 Å². The molecule has 23 heavy (non-hydrogen) atoms. The van der Waals surface area contributed by atoms with Crippen molar-refractivity contribution in [1.82, 2.24) is 0 Å². The van der Waals surface area contributed by atoms with E-state index in [1.54, 1.807) is 30.3 Å². The highest BCUT2D eigenvalue weighted by Gasteiger charge is 2.35. The normalized spacial score (nSPS) is 11.4. The lowest BCUT2D eigenvalue weighted by atomic mass is 10.1. The van der Waals surface area contributed by atoms with E-state index in [0.29, 0.717) is 17.3 Å². The van der Waals surface area contributed by atoms with E-state index in [4.69, 9.17) is 0 Å². The first-order valence-electron chi connectivity index (χ1n) is 6.62. The molecule has 0 heterocycles. The van der Waals surface area contributed by atoms with Crippen LogP contribution in [0.25, 0.3) is 6.08 Å². The number of carbonyl (C=O) groups is 2. The van der Waals surface area contributed by atoms with Crippen LogP contribution in [0.4, 0.5) is 18.9 Å². The Morgan fingerprint density at radius 3 is 2.30 bits per heavy atom. The fourth-order valence-electron chi connectivity index (χ4n) is 1.77. The van der Waals surface area contributed by atoms with Gasteiger partial charge in [0.2, 0.25) is 0 Å². The second-order valence-electron chi connectivity index (χ2n) is 4.64. The number of halogens is 3. The number of allylic oxidation sites excluding steroid dienone is 1. The quantitative estimate of drug-likeness (QED) is 0.863. The zero-order valence-corrected chi connectivity index (χ0v) is 11.8. The number of alkyl halides is 3. The smallest absolute Gasteiger partial charge is 0.322 e. The lowest BCUT2D eigenvalue weighted by Crippen LogP contribution is -2.19. The first-order chi connectivity index (χ1) is 10.9. The van der Waals surface area contributed by atoms with Gasteiger partial charge in [-0.25, -0.2) is 0 Å². The van der Waals surface area contributed by atoms with Crippen molar-refractivity contribution in [1.29, 1.82) is 0 Å². The molecule has 0 aliphatic heterocycles. The van der Waals surface area contributed by atoms with Crippen LogP contribution < -0.4 is 5.32 Å². The van der Waals surface area contributed by atoms with Gasteiger partial charge in [0.25, 0.3) is 11.7 Å². The van der Waals surface area contributed by atoms with Gasteiger partial charge in [-0.1, -0.05) is 36.4 Å². The molecule has 6 heteroatoms. The summed E-state index contributed by atoms with van der Waals surface area (Å²) in [6.07, 6.45) is -3.44. The Balaban J connectivity index is 2.12. The standard InChI is InChI=1S/C17H12F3NO2/c18-17(19,20)15(22)10-9-12-5-4-6-13(11-12)16(23)21-14-7-2-1-3-8-14/h1-11H,(H,21,23). The number of hydrogen-bond acceptors (Lipinski definition) is 2. The number of para-hydroxylation sites is 1. The van der Waals surface area contributed by atoms with E-state index in [9.17, 15) is 22.8 Å². The molecule has 2 aromatic rings. The minimum atomic E-state index is -4.90. The molecule has 3 nitrogen and oxygen atoms in total. The van der Waals surface area contributed by atoms with Crippen LogP contribution in [0.3, 0.4) is 0 Å². The van der Waals surface area contributed by atoms with Gasteiger partial charge in [-0.3, -0.25) is 9.59 Å². The van der Waals surface area contributed by atoms with Gasteiger partial charge in [0.15, 0.2) is 0 Å². The minimum absolute atomic E-state index is 0.274. The summed E-state index contributed by atoms with van der Waals surface area (Å²) in [5, 5.41) is 2.66. The summed E-state index contributed by atoms with van der Waals surface area (Å²) in [4.78, 5) is 22.9. The fourth-order valence-corrected chi connectivity index (χ4v) is 1.77. The van der Waals surface area contributed by atoms with E-state index < -0.39 is 17.9 Å². The van der Waals surface area contributed by atoms with E-state index in [1.807, 2.05) is 0 Å². The predicted octanol–water partition coefficient (Wildman–Crippen LogP) is 4.08. The van der Waals surface area contributed by atoms with Crippen LogP contribution in [-0.2, 0) is 4.79 Å². The maximum atomic E-state index is 12.1. The van der Waals surface area contributed by atoms with Gasteiger partial charge >= 0.3 is 6.18 Å². The average molecular weight is 319 g/mol. The molecular formula is C17H12F3NO2.